The van der Waals surface area contributed by atoms with Crippen molar-refractivity contribution in [2.45, 2.75) is 6.54 Å². The van der Waals surface area contributed by atoms with Crippen LogP contribution in [0, 0.1) is 5.82 Å². The summed E-state index contributed by atoms with van der Waals surface area (Å²) in [5, 5.41) is 3.28. The molecule has 17 heavy (non-hydrogen) atoms. The fourth-order valence-electron chi connectivity index (χ4n) is 1.39. The number of halogens is 3. The molecule has 88 valence electrons. The van der Waals surface area contributed by atoms with Gasteiger partial charge >= 0.3 is 0 Å². The number of pyridine rings is 1. The highest BCUT2D eigenvalue weighted by Crippen LogP contribution is 2.21. The number of nitrogens with one attached hydrogen (secondary N) is 1. The van der Waals surface area contributed by atoms with Crippen LogP contribution in [0.1, 0.15) is 5.56 Å². The molecule has 0 aliphatic rings. The molecular formula is C12H9BrClFN2. The van der Waals surface area contributed by atoms with Crippen molar-refractivity contribution in [1.29, 1.82) is 0 Å². The molecule has 0 saturated carbocycles. The van der Waals surface area contributed by atoms with Crippen molar-refractivity contribution in [2.75, 3.05) is 5.32 Å². The minimum atomic E-state index is -0.404. The van der Waals surface area contributed by atoms with Gasteiger partial charge in [-0.2, -0.15) is 0 Å². The lowest BCUT2D eigenvalue weighted by molar-refractivity contribution is 0.626. The smallest absolute Gasteiger partial charge is 0.142 e. The van der Waals surface area contributed by atoms with E-state index >= 15 is 0 Å². The highest BCUT2D eigenvalue weighted by molar-refractivity contribution is 9.10. The van der Waals surface area contributed by atoms with E-state index in [1.807, 2.05) is 6.07 Å². The maximum absolute atomic E-state index is 13.2. The summed E-state index contributed by atoms with van der Waals surface area (Å²) in [6.07, 6.45) is 3.39. The van der Waals surface area contributed by atoms with E-state index < -0.39 is 5.82 Å². The third-order valence-corrected chi connectivity index (χ3v) is 3.08. The van der Waals surface area contributed by atoms with Crippen LogP contribution in [0.5, 0.6) is 0 Å². The van der Waals surface area contributed by atoms with E-state index in [1.54, 1.807) is 24.5 Å². The first kappa shape index (κ1) is 12.3. The Hall–Kier alpha value is -1.13. The van der Waals surface area contributed by atoms with Crippen LogP contribution in [0.3, 0.4) is 0 Å². The second-order valence-corrected chi connectivity index (χ2v) is 4.75. The molecule has 0 atom stereocenters. The van der Waals surface area contributed by atoms with Crippen LogP contribution in [-0.4, -0.2) is 4.98 Å². The van der Waals surface area contributed by atoms with Crippen LogP contribution in [0.4, 0.5) is 10.1 Å². The standard InChI is InChI=1S/C12H9BrClFN2/c13-9-4-10(7-16-6-9)17-5-8-2-1-3-11(15)12(8)14/h1-4,6-7,17H,5H2. The van der Waals surface area contributed by atoms with Crippen molar-refractivity contribution in [3.63, 3.8) is 0 Å². The Morgan fingerprint density at radius 1 is 1.35 bits per heavy atom. The number of anilines is 1. The normalized spacial score (nSPS) is 10.3. The molecule has 0 aliphatic carbocycles. The van der Waals surface area contributed by atoms with Crippen LogP contribution in [0.25, 0.3) is 0 Å². The molecule has 1 heterocycles. The van der Waals surface area contributed by atoms with Gasteiger partial charge in [-0.3, -0.25) is 4.98 Å². The zero-order valence-corrected chi connectivity index (χ0v) is 11.1. The van der Waals surface area contributed by atoms with E-state index in [0.717, 1.165) is 10.2 Å². The molecule has 0 fully saturated rings. The molecule has 0 radical (unpaired) electrons. The minimum absolute atomic E-state index is 0.156. The summed E-state index contributed by atoms with van der Waals surface area (Å²) in [5.41, 5.74) is 1.56. The third kappa shape index (κ3) is 3.17. The van der Waals surface area contributed by atoms with E-state index in [-0.39, 0.29) is 5.02 Å². The molecule has 2 nitrogen and oxygen atoms in total. The second kappa shape index (κ2) is 5.47. The SMILES string of the molecule is Fc1cccc(CNc2cncc(Br)c2)c1Cl. The van der Waals surface area contributed by atoms with Crippen LogP contribution in [-0.2, 0) is 6.54 Å². The Kier molecular flexibility index (Phi) is 3.97. The molecular weight excluding hydrogens is 307 g/mol. The van der Waals surface area contributed by atoms with E-state index in [1.165, 1.54) is 6.07 Å². The first-order chi connectivity index (χ1) is 8.16. The molecule has 0 bridgehead atoms. The molecule has 0 aliphatic heterocycles. The Morgan fingerprint density at radius 2 is 2.18 bits per heavy atom. The van der Waals surface area contributed by atoms with Crippen LogP contribution < -0.4 is 5.32 Å². The lowest BCUT2D eigenvalue weighted by Gasteiger charge is -2.08. The van der Waals surface area contributed by atoms with Gasteiger partial charge in [0.2, 0.25) is 0 Å². The summed E-state index contributed by atoms with van der Waals surface area (Å²) in [6.45, 7) is 0.453. The van der Waals surface area contributed by atoms with Crippen molar-refractivity contribution >= 4 is 33.2 Å². The van der Waals surface area contributed by atoms with Crippen molar-refractivity contribution in [3.05, 3.63) is 57.5 Å². The fraction of sp³-hybridized carbons (Fsp3) is 0.0833. The molecule has 0 unspecified atom stereocenters. The van der Waals surface area contributed by atoms with Gasteiger partial charge in [-0.15, -0.1) is 0 Å². The largest absolute Gasteiger partial charge is 0.380 e. The van der Waals surface area contributed by atoms with Gasteiger partial charge in [-0.1, -0.05) is 23.7 Å². The lowest BCUT2D eigenvalue weighted by atomic mass is 10.2. The molecule has 1 N–H and O–H groups in total. The summed E-state index contributed by atoms with van der Waals surface area (Å²) in [6, 6.07) is 6.65. The van der Waals surface area contributed by atoms with E-state index in [0.29, 0.717) is 12.1 Å². The zero-order valence-electron chi connectivity index (χ0n) is 8.75. The quantitative estimate of drug-likeness (QED) is 0.916. The zero-order chi connectivity index (χ0) is 12.3. The molecule has 0 amide bonds. The summed E-state index contributed by atoms with van der Waals surface area (Å²) >= 11 is 9.18. The summed E-state index contributed by atoms with van der Waals surface area (Å²) in [4.78, 5) is 4.02. The Labute approximate surface area is 112 Å². The van der Waals surface area contributed by atoms with Gasteiger partial charge in [0, 0.05) is 17.2 Å². The Balaban J connectivity index is 2.10. The van der Waals surface area contributed by atoms with Gasteiger partial charge in [0.25, 0.3) is 0 Å². The number of nitrogens with zero attached hydrogens (tertiary/aromatic N) is 1. The second-order valence-electron chi connectivity index (χ2n) is 3.46. The highest BCUT2D eigenvalue weighted by atomic mass is 79.9. The summed E-state index contributed by atoms with van der Waals surface area (Å²) in [7, 11) is 0. The number of hydrogen-bond donors (Lipinski definition) is 1. The van der Waals surface area contributed by atoms with Gasteiger partial charge < -0.3 is 5.32 Å². The molecule has 0 spiro atoms. The maximum atomic E-state index is 13.2. The average Bonchev–Trinajstić information content (AvgIpc) is 2.31. The summed E-state index contributed by atoms with van der Waals surface area (Å²) in [5.74, 6) is -0.404. The van der Waals surface area contributed by atoms with Gasteiger partial charge in [0.05, 0.1) is 16.9 Å². The van der Waals surface area contributed by atoms with Gasteiger partial charge in [-0.05, 0) is 33.6 Å². The molecule has 1 aromatic heterocycles. The lowest BCUT2D eigenvalue weighted by Crippen LogP contribution is -2.01. The minimum Gasteiger partial charge on any atom is -0.380 e. The van der Waals surface area contributed by atoms with Crippen LogP contribution in [0.15, 0.2) is 41.1 Å². The van der Waals surface area contributed by atoms with E-state index in [4.69, 9.17) is 11.6 Å². The maximum Gasteiger partial charge on any atom is 0.142 e. The first-order valence-electron chi connectivity index (χ1n) is 4.94. The number of hydrogen-bond acceptors (Lipinski definition) is 2. The Morgan fingerprint density at radius 3 is 2.94 bits per heavy atom. The molecule has 1 aromatic carbocycles. The predicted molar refractivity (Wildman–Crippen MR) is 70.7 cm³/mol. The average molecular weight is 316 g/mol. The molecule has 2 rings (SSSR count). The number of aromatic nitrogens is 1. The first-order valence-corrected chi connectivity index (χ1v) is 6.11. The third-order valence-electron chi connectivity index (χ3n) is 2.22. The number of benzene rings is 1. The summed E-state index contributed by atoms with van der Waals surface area (Å²) < 4.78 is 14.1. The molecule has 5 heteroatoms. The van der Waals surface area contributed by atoms with Crippen LogP contribution >= 0.6 is 27.5 Å². The topological polar surface area (TPSA) is 24.9 Å². The Bertz CT molecular complexity index is 534. The van der Waals surface area contributed by atoms with E-state index in [2.05, 4.69) is 26.2 Å². The van der Waals surface area contributed by atoms with Gasteiger partial charge in [0.1, 0.15) is 5.82 Å². The molecule has 0 saturated heterocycles. The molecule has 2 aromatic rings. The van der Waals surface area contributed by atoms with Gasteiger partial charge in [0.15, 0.2) is 0 Å². The van der Waals surface area contributed by atoms with Crippen molar-refractivity contribution in [2.24, 2.45) is 0 Å². The monoisotopic (exact) mass is 314 g/mol. The predicted octanol–water partition coefficient (Wildman–Crippen LogP) is 4.25. The van der Waals surface area contributed by atoms with E-state index in [9.17, 15) is 4.39 Å². The van der Waals surface area contributed by atoms with Gasteiger partial charge in [-0.25, -0.2) is 4.39 Å². The van der Waals surface area contributed by atoms with Crippen molar-refractivity contribution in [1.82, 2.24) is 4.98 Å². The fourth-order valence-corrected chi connectivity index (χ4v) is 1.95. The van der Waals surface area contributed by atoms with Crippen LogP contribution in [0.2, 0.25) is 5.02 Å². The highest BCUT2D eigenvalue weighted by Gasteiger charge is 2.05. The van der Waals surface area contributed by atoms with Crippen molar-refractivity contribution < 1.29 is 4.39 Å². The van der Waals surface area contributed by atoms with Crippen molar-refractivity contribution in [3.8, 4) is 0 Å². The number of rotatable bonds is 3.